The Bertz CT molecular complexity index is 175. The van der Waals surface area contributed by atoms with Crippen LogP contribution in [0.5, 0.6) is 0 Å². The maximum atomic E-state index is 5.37. The van der Waals surface area contributed by atoms with E-state index in [0.717, 1.165) is 12.0 Å². The molecule has 0 aliphatic rings. The van der Waals surface area contributed by atoms with Gasteiger partial charge in [0.2, 0.25) is 0 Å². The third-order valence-corrected chi connectivity index (χ3v) is 1.57. The van der Waals surface area contributed by atoms with Crippen LogP contribution >= 0.6 is 0 Å². The van der Waals surface area contributed by atoms with Gasteiger partial charge >= 0.3 is 0 Å². The molecule has 0 atom stereocenters. The first-order valence-electron chi connectivity index (χ1n) is 3.95. The van der Waals surface area contributed by atoms with Gasteiger partial charge in [-0.15, -0.1) is 0 Å². The minimum atomic E-state index is 0.539. The van der Waals surface area contributed by atoms with Gasteiger partial charge in [-0.05, 0) is 18.9 Å². The molecule has 0 aliphatic carbocycles. The number of allylic oxidation sites excluding steroid dienone is 3. The van der Waals surface area contributed by atoms with E-state index in [-0.39, 0.29) is 0 Å². The van der Waals surface area contributed by atoms with Crippen molar-refractivity contribution in [3.05, 3.63) is 36.0 Å². The Kier molecular flexibility index (Phi) is 5.49. The van der Waals surface area contributed by atoms with Crippen molar-refractivity contribution in [3.8, 4) is 0 Å². The van der Waals surface area contributed by atoms with E-state index < -0.39 is 0 Å². The van der Waals surface area contributed by atoms with Crippen molar-refractivity contribution < 1.29 is 0 Å². The molecule has 0 saturated heterocycles. The van der Waals surface area contributed by atoms with E-state index in [0.29, 0.717) is 6.54 Å². The van der Waals surface area contributed by atoms with Crippen molar-refractivity contribution in [3.63, 3.8) is 0 Å². The Morgan fingerprint density at radius 1 is 1.45 bits per heavy atom. The van der Waals surface area contributed by atoms with Gasteiger partial charge in [0, 0.05) is 6.54 Å². The highest BCUT2D eigenvalue weighted by Gasteiger charge is 1.85. The maximum Gasteiger partial charge on any atom is 0.0172 e. The first-order chi connectivity index (χ1) is 5.24. The molecule has 0 fully saturated rings. The Morgan fingerprint density at radius 2 is 2.09 bits per heavy atom. The van der Waals surface area contributed by atoms with Crippen LogP contribution in [0.25, 0.3) is 0 Å². The summed E-state index contributed by atoms with van der Waals surface area (Å²) in [4.78, 5) is 0. The molecule has 11 heavy (non-hydrogen) atoms. The van der Waals surface area contributed by atoms with E-state index in [1.165, 1.54) is 5.57 Å². The van der Waals surface area contributed by atoms with Crippen LogP contribution in [0.3, 0.4) is 0 Å². The van der Waals surface area contributed by atoms with E-state index in [4.69, 9.17) is 5.73 Å². The highest BCUT2D eigenvalue weighted by Crippen LogP contribution is 2.03. The lowest BCUT2D eigenvalue weighted by Gasteiger charge is -1.95. The first-order valence-corrected chi connectivity index (χ1v) is 3.95. The molecule has 0 bridgehead atoms. The normalized spacial score (nSPS) is 12.5. The van der Waals surface area contributed by atoms with E-state index >= 15 is 0 Å². The van der Waals surface area contributed by atoms with Gasteiger partial charge in [-0.25, -0.2) is 0 Å². The molecule has 0 aliphatic heterocycles. The van der Waals surface area contributed by atoms with Gasteiger partial charge < -0.3 is 5.73 Å². The first kappa shape index (κ1) is 10.2. The Balaban J connectivity index is 4.00. The van der Waals surface area contributed by atoms with Crippen LogP contribution in [0.15, 0.2) is 36.0 Å². The second-order valence-corrected chi connectivity index (χ2v) is 2.41. The van der Waals surface area contributed by atoms with Crippen molar-refractivity contribution >= 4 is 0 Å². The van der Waals surface area contributed by atoms with Gasteiger partial charge in [0.1, 0.15) is 0 Å². The summed E-state index contributed by atoms with van der Waals surface area (Å²) < 4.78 is 0. The largest absolute Gasteiger partial charge is 0.327 e. The van der Waals surface area contributed by atoms with E-state index in [1.54, 1.807) is 0 Å². The molecule has 0 aromatic carbocycles. The van der Waals surface area contributed by atoms with Gasteiger partial charge in [-0.3, -0.25) is 0 Å². The Labute approximate surface area is 69.3 Å². The monoisotopic (exact) mass is 151 g/mol. The van der Waals surface area contributed by atoms with Crippen LogP contribution in [0.1, 0.15) is 20.3 Å². The highest BCUT2D eigenvalue weighted by atomic mass is 14.5. The van der Waals surface area contributed by atoms with Crippen molar-refractivity contribution in [1.29, 1.82) is 0 Å². The molecule has 62 valence electrons. The fraction of sp³-hybridized carbons (Fsp3) is 0.400. The minimum Gasteiger partial charge on any atom is -0.327 e. The average molecular weight is 151 g/mol. The predicted molar refractivity (Wildman–Crippen MR) is 51.4 cm³/mol. The smallest absolute Gasteiger partial charge is 0.0172 e. The summed E-state index contributed by atoms with van der Waals surface area (Å²) in [5, 5.41) is 0. The second kappa shape index (κ2) is 5.93. The minimum absolute atomic E-state index is 0.539. The molecule has 0 rings (SSSR count). The Morgan fingerprint density at radius 3 is 2.45 bits per heavy atom. The third-order valence-electron chi connectivity index (χ3n) is 1.57. The number of hydrogen-bond donors (Lipinski definition) is 1. The van der Waals surface area contributed by atoms with Crippen molar-refractivity contribution in [1.82, 2.24) is 0 Å². The molecule has 0 amide bonds. The molecule has 0 aromatic heterocycles. The lowest BCUT2D eigenvalue weighted by molar-refractivity contribution is 1.13. The van der Waals surface area contributed by atoms with Gasteiger partial charge in [-0.1, -0.05) is 37.3 Å². The number of rotatable bonds is 4. The Hall–Kier alpha value is -0.820. The zero-order valence-corrected chi connectivity index (χ0v) is 7.43. The molecule has 0 heterocycles. The lowest BCUT2D eigenvalue weighted by atomic mass is 10.1. The summed E-state index contributed by atoms with van der Waals surface area (Å²) in [6.45, 7) is 8.48. The summed E-state index contributed by atoms with van der Waals surface area (Å²) in [6.07, 6.45) is 7.19. The fourth-order valence-electron chi connectivity index (χ4n) is 0.711. The summed E-state index contributed by atoms with van der Waals surface area (Å²) in [6, 6.07) is 0. The molecule has 1 nitrogen and oxygen atoms in total. The van der Waals surface area contributed by atoms with Crippen LogP contribution in [0, 0.1) is 0 Å². The van der Waals surface area contributed by atoms with Crippen molar-refractivity contribution in [2.75, 3.05) is 6.54 Å². The zero-order chi connectivity index (χ0) is 8.69. The van der Waals surface area contributed by atoms with Crippen LogP contribution in [-0.4, -0.2) is 6.54 Å². The SMILES string of the molecule is C=C(/C=C\C(=C/C)CC)CN. The van der Waals surface area contributed by atoms with Gasteiger partial charge in [0.15, 0.2) is 0 Å². The fourth-order valence-corrected chi connectivity index (χ4v) is 0.711. The lowest BCUT2D eigenvalue weighted by Crippen LogP contribution is -1.98. The maximum absolute atomic E-state index is 5.37. The molecule has 0 saturated carbocycles. The predicted octanol–water partition coefficient (Wildman–Crippen LogP) is 2.41. The second-order valence-electron chi connectivity index (χ2n) is 2.41. The van der Waals surface area contributed by atoms with Gasteiger partial charge in [0.25, 0.3) is 0 Å². The summed E-state index contributed by atoms with van der Waals surface area (Å²) >= 11 is 0. The zero-order valence-electron chi connectivity index (χ0n) is 7.43. The van der Waals surface area contributed by atoms with E-state index in [1.807, 2.05) is 13.0 Å². The van der Waals surface area contributed by atoms with Crippen LogP contribution in [0.2, 0.25) is 0 Å². The van der Waals surface area contributed by atoms with E-state index in [2.05, 4.69) is 25.7 Å². The molecule has 0 radical (unpaired) electrons. The van der Waals surface area contributed by atoms with Crippen LogP contribution < -0.4 is 5.73 Å². The standard InChI is InChI=1S/C10H17N/c1-4-10(5-2)7-6-9(3)8-11/h4,6-7H,3,5,8,11H2,1-2H3/b7-6-,10-4-. The van der Waals surface area contributed by atoms with Crippen LogP contribution in [-0.2, 0) is 0 Å². The highest BCUT2D eigenvalue weighted by molar-refractivity contribution is 5.26. The quantitative estimate of drug-likeness (QED) is 0.613. The molecule has 1 heteroatoms. The molecule has 2 N–H and O–H groups in total. The van der Waals surface area contributed by atoms with Crippen LogP contribution in [0.4, 0.5) is 0 Å². The molecule has 0 aromatic rings. The number of nitrogens with two attached hydrogens (primary N) is 1. The number of hydrogen-bond acceptors (Lipinski definition) is 1. The molecular weight excluding hydrogens is 134 g/mol. The molecule has 0 spiro atoms. The van der Waals surface area contributed by atoms with Gasteiger partial charge in [0.05, 0.1) is 0 Å². The molecular formula is C10H17N. The summed E-state index contributed by atoms with van der Waals surface area (Å²) in [5.41, 5.74) is 7.66. The summed E-state index contributed by atoms with van der Waals surface area (Å²) in [5.74, 6) is 0. The average Bonchev–Trinajstić information content (AvgIpc) is 2.06. The molecule has 0 unspecified atom stereocenters. The van der Waals surface area contributed by atoms with E-state index in [9.17, 15) is 0 Å². The van der Waals surface area contributed by atoms with Gasteiger partial charge in [-0.2, -0.15) is 0 Å². The summed E-state index contributed by atoms with van der Waals surface area (Å²) in [7, 11) is 0. The third kappa shape index (κ3) is 4.57. The van der Waals surface area contributed by atoms with Crippen molar-refractivity contribution in [2.24, 2.45) is 5.73 Å². The van der Waals surface area contributed by atoms with Crippen molar-refractivity contribution in [2.45, 2.75) is 20.3 Å². The topological polar surface area (TPSA) is 26.0 Å².